The molecule has 0 radical (unpaired) electrons. The van der Waals surface area contributed by atoms with E-state index in [2.05, 4.69) is 18.9 Å². The van der Waals surface area contributed by atoms with E-state index in [0.29, 0.717) is 24.7 Å². The standard InChI is InChI=1S/C29H35ClF4N4O3/c1-27(2)18-11-16(12-19(18)27)37(14-22(35)23-20(30)5-4-6-21(23)31)25(39)17-13-36-38(24(17)29(32,33)34)15-7-9-28(3,10-8-15)26(40)41/h4-6,13,15-16,18-19,22H,7-12,14,35H2,1-3H3,(H,40,41)/t15-,16-,18-,19+,22?,28-. The lowest BCUT2D eigenvalue weighted by atomic mass is 9.74. The summed E-state index contributed by atoms with van der Waals surface area (Å²) >= 11 is 6.22. The summed E-state index contributed by atoms with van der Waals surface area (Å²) in [5, 5.41) is 13.6. The molecule has 0 aliphatic heterocycles. The van der Waals surface area contributed by atoms with Crippen molar-refractivity contribution in [2.45, 2.75) is 83.6 Å². The van der Waals surface area contributed by atoms with Gasteiger partial charge in [-0.25, -0.2) is 4.39 Å². The third-order valence-electron chi connectivity index (χ3n) is 10.0. The van der Waals surface area contributed by atoms with Crippen molar-refractivity contribution in [2.24, 2.45) is 28.4 Å². The van der Waals surface area contributed by atoms with Crippen LogP contribution in [0.4, 0.5) is 17.6 Å². The number of carbonyl (C=O) groups excluding carboxylic acids is 1. The minimum atomic E-state index is -4.89. The number of carbonyl (C=O) groups is 2. The minimum Gasteiger partial charge on any atom is -0.481 e. The molecule has 7 nitrogen and oxygen atoms in total. The molecule has 1 heterocycles. The highest BCUT2D eigenvalue weighted by atomic mass is 35.5. The van der Waals surface area contributed by atoms with Crippen LogP contribution in [0.5, 0.6) is 0 Å². The molecule has 1 amide bonds. The van der Waals surface area contributed by atoms with Gasteiger partial charge in [-0.05, 0) is 74.8 Å². The van der Waals surface area contributed by atoms with Crippen molar-refractivity contribution in [3.8, 4) is 0 Å². The summed E-state index contributed by atoms with van der Waals surface area (Å²) in [6.45, 7) is 5.65. The molecular weight excluding hydrogens is 564 g/mol. The van der Waals surface area contributed by atoms with Gasteiger partial charge in [0.25, 0.3) is 5.91 Å². The molecule has 3 aliphatic carbocycles. The minimum absolute atomic E-state index is 0.00544. The fourth-order valence-corrected chi connectivity index (χ4v) is 7.53. The van der Waals surface area contributed by atoms with Gasteiger partial charge >= 0.3 is 12.1 Å². The summed E-state index contributed by atoms with van der Waals surface area (Å²) in [5.74, 6) is -1.81. The molecule has 5 rings (SSSR count). The fourth-order valence-electron chi connectivity index (χ4n) is 7.23. The van der Waals surface area contributed by atoms with Crippen LogP contribution in [0.3, 0.4) is 0 Å². The van der Waals surface area contributed by atoms with Gasteiger partial charge in [0.05, 0.1) is 29.3 Å². The first-order valence-electron chi connectivity index (χ1n) is 13.9. The molecule has 1 aromatic carbocycles. The number of aromatic nitrogens is 2. The third kappa shape index (κ3) is 5.24. The summed E-state index contributed by atoms with van der Waals surface area (Å²) in [6.07, 6.45) is -1.95. The molecule has 0 spiro atoms. The highest BCUT2D eigenvalue weighted by Gasteiger charge is 2.63. The number of amides is 1. The van der Waals surface area contributed by atoms with Crippen LogP contribution in [0.1, 0.15) is 93.0 Å². The fraction of sp³-hybridized carbons (Fsp3) is 0.621. The Bertz CT molecular complexity index is 1320. The van der Waals surface area contributed by atoms with Gasteiger partial charge in [-0.15, -0.1) is 0 Å². The SMILES string of the molecule is CC1(C)[C@@H]2C[C@@H](N(CC(N)c3c(F)cccc3Cl)C(=O)c3cnn([C@H]4CC[C@](C)(C(=O)O)CC4)c3C(F)(F)F)C[C@@H]21. The Kier molecular flexibility index (Phi) is 7.46. The number of carboxylic acid groups (broad SMARTS) is 1. The quantitative estimate of drug-likeness (QED) is 0.355. The van der Waals surface area contributed by atoms with E-state index in [4.69, 9.17) is 17.3 Å². The summed E-state index contributed by atoms with van der Waals surface area (Å²) in [6, 6.07) is 1.98. The van der Waals surface area contributed by atoms with Crippen molar-refractivity contribution in [1.82, 2.24) is 14.7 Å². The van der Waals surface area contributed by atoms with Crippen molar-refractivity contribution in [2.75, 3.05) is 6.54 Å². The number of hydrogen-bond donors (Lipinski definition) is 2. The second-order valence-corrected chi connectivity index (χ2v) is 13.2. The Morgan fingerprint density at radius 2 is 1.80 bits per heavy atom. The number of hydrogen-bond acceptors (Lipinski definition) is 4. The van der Waals surface area contributed by atoms with Crippen molar-refractivity contribution in [3.63, 3.8) is 0 Å². The number of nitrogens with two attached hydrogens (primary N) is 1. The lowest BCUT2D eigenvalue weighted by Crippen LogP contribution is -2.45. The van der Waals surface area contributed by atoms with Gasteiger partial charge in [-0.2, -0.15) is 18.3 Å². The maximum absolute atomic E-state index is 14.7. The number of fused-ring (bicyclic) bond motifs is 1. The van der Waals surface area contributed by atoms with E-state index >= 15 is 0 Å². The van der Waals surface area contributed by atoms with E-state index in [1.54, 1.807) is 6.92 Å². The molecular formula is C29H35ClF4N4O3. The molecule has 1 unspecified atom stereocenters. The van der Waals surface area contributed by atoms with Gasteiger partial charge in [0, 0.05) is 23.2 Å². The molecule has 2 aromatic rings. The Labute approximate surface area is 241 Å². The number of rotatable bonds is 7. The smallest absolute Gasteiger partial charge is 0.433 e. The molecule has 3 saturated carbocycles. The molecule has 0 bridgehead atoms. The topological polar surface area (TPSA) is 101 Å². The van der Waals surface area contributed by atoms with E-state index in [1.165, 1.54) is 23.1 Å². The maximum Gasteiger partial charge on any atom is 0.433 e. The van der Waals surface area contributed by atoms with Crippen LogP contribution in [0.25, 0.3) is 0 Å². The first-order chi connectivity index (χ1) is 19.1. The molecule has 1 aromatic heterocycles. The zero-order chi connectivity index (χ0) is 30.1. The molecule has 224 valence electrons. The van der Waals surface area contributed by atoms with Crippen LogP contribution in [-0.4, -0.2) is 44.3 Å². The van der Waals surface area contributed by atoms with Crippen LogP contribution in [-0.2, 0) is 11.0 Å². The second kappa shape index (κ2) is 10.3. The number of carboxylic acids is 1. The first kappa shape index (κ1) is 29.8. The van der Waals surface area contributed by atoms with E-state index in [0.717, 1.165) is 10.9 Å². The van der Waals surface area contributed by atoms with Gasteiger partial charge in [-0.3, -0.25) is 14.3 Å². The molecule has 12 heteroatoms. The number of benzene rings is 1. The average molecular weight is 599 g/mol. The highest BCUT2D eigenvalue weighted by Crippen LogP contribution is 2.67. The zero-order valence-electron chi connectivity index (χ0n) is 23.2. The largest absolute Gasteiger partial charge is 0.481 e. The lowest BCUT2D eigenvalue weighted by molar-refractivity contribution is -0.152. The summed E-state index contributed by atoms with van der Waals surface area (Å²) < 4.78 is 59.2. The van der Waals surface area contributed by atoms with E-state index in [9.17, 15) is 32.3 Å². The first-order valence-corrected chi connectivity index (χ1v) is 14.3. The highest BCUT2D eigenvalue weighted by molar-refractivity contribution is 6.31. The molecule has 41 heavy (non-hydrogen) atoms. The monoisotopic (exact) mass is 598 g/mol. The number of nitrogens with zero attached hydrogens (tertiary/aromatic N) is 3. The Balaban J connectivity index is 1.47. The van der Waals surface area contributed by atoms with Gasteiger partial charge in [0.1, 0.15) is 5.82 Å². The zero-order valence-corrected chi connectivity index (χ0v) is 24.0. The van der Waals surface area contributed by atoms with Crippen molar-refractivity contribution in [3.05, 3.63) is 52.1 Å². The molecule has 3 aliphatic rings. The number of alkyl halides is 3. The predicted molar refractivity (Wildman–Crippen MR) is 144 cm³/mol. The van der Waals surface area contributed by atoms with Crippen molar-refractivity contribution >= 4 is 23.5 Å². The molecule has 0 saturated heterocycles. The Morgan fingerprint density at radius 3 is 2.34 bits per heavy atom. The summed E-state index contributed by atoms with van der Waals surface area (Å²) in [7, 11) is 0. The molecule has 3 fully saturated rings. The second-order valence-electron chi connectivity index (χ2n) is 12.8. The lowest BCUT2D eigenvalue weighted by Gasteiger charge is -2.35. The molecule has 3 N–H and O–H groups in total. The normalized spacial score (nSPS) is 29.6. The van der Waals surface area contributed by atoms with Crippen LogP contribution >= 0.6 is 11.6 Å². The van der Waals surface area contributed by atoms with Crippen LogP contribution in [0.15, 0.2) is 24.4 Å². The van der Waals surface area contributed by atoms with Crippen LogP contribution in [0, 0.1) is 28.5 Å². The maximum atomic E-state index is 14.7. The predicted octanol–water partition coefficient (Wildman–Crippen LogP) is 6.48. The summed E-state index contributed by atoms with van der Waals surface area (Å²) in [4.78, 5) is 27.0. The van der Waals surface area contributed by atoms with E-state index in [1.807, 2.05) is 0 Å². The van der Waals surface area contributed by atoms with E-state index < -0.39 is 52.6 Å². The number of aliphatic carboxylic acids is 1. The third-order valence-corrected chi connectivity index (χ3v) is 10.4. The molecule has 4 atom stereocenters. The van der Waals surface area contributed by atoms with E-state index in [-0.39, 0.29) is 54.3 Å². The van der Waals surface area contributed by atoms with Crippen LogP contribution in [0.2, 0.25) is 5.02 Å². The number of halogens is 5. The summed E-state index contributed by atoms with van der Waals surface area (Å²) in [5.41, 5.74) is 3.72. The van der Waals surface area contributed by atoms with Gasteiger partial charge < -0.3 is 15.7 Å². The van der Waals surface area contributed by atoms with Crippen LogP contribution < -0.4 is 5.73 Å². The average Bonchev–Trinajstić information content (AvgIpc) is 3.30. The van der Waals surface area contributed by atoms with Gasteiger partial charge in [-0.1, -0.05) is 31.5 Å². The van der Waals surface area contributed by atoms with Crippen molar-refractivity contribution in [1.29, 1.82) is 0 Å². The Morgan fingerprint density at radius 1 is 1.20 bits per heavy atom. The van der Waals surface area contributed by atoms with Crippen molar-refractivity contribution < 1.29 is 32.3 Å². The van der Waals surface area contributed by atoms with Gasteiger partial charge in [0.15, 0.2) is 5.69 Å². The van der Waals surface area contributed by atoms with Gasteiger partial charge in [0.2, 0.25) is 0 Å². The Hall–Kier alpha value is -2.66.